The summed E-state index contributed by atoms with van der Waals surface area (Å²) >= 11 is 3.27. The van der Waals surface area contributed by atoms with Gasteiger partial charge in [0.2, 0.25) is 6.41 Å². The van der Waals surface area contributed by atoms with Gasteiger partial charge >= 0.3 is 0 Å². The van der Waals surface area contributed by atoms with Crippen LogP contribution in [0.4, 0.5) is 0 Å². The molecule has 0 heterocycles. The minimum Gasteiger partial charge on any atom is -0.351 e. The molecule has 0 aliphatic rings. The lowest BCUT2D eigenvalue weighted by atomic mass is 10.1. The Morgan fingerprint density at radius 2 is 2.00 bits per heavy atom. The highest BCUT2D eigenvalue weighted by Gasteiger charge is 2.12. The maximum atomic E-state index is 12.2. The standard InChI is InChI=1S/C16H19BrN2O3S/c1-3-18-16(13(2)19-12-20)6-4-5-11-23(21,22)15-9-7-14(17)8-10-15/h3-5,7-10,12-13H,1,6,11H2,2H3,(H,19,20)/b5-4-,18-16?. The number of rotatable bonds is 9. The third kappa shape index (κ3) is 6.50. The number of benzene rings is 1. The molecule has 124 valence electrons. The Kier molecular flexibility index (Phi) is 7.91. The highest BCUT2D eigenvalue weighted by Crippen LogP contribution is 2.16. The van der Waals surface area contributed by atoms with Crippen molar-refractivity contribution in [3.05, 3.63) is 53.7 Å². The van der Waals surface area contributed by atoms with Gasteiger partial charge in [-0.15, -0.1) is 0 Å². The minimum atomic E-state index is -3.36. The zero-order chi connectivity index (χ0) is 17.3. The van der Waals surface area contributed by atoms with Crippen LogP contribution in [-0.4, -0.2) is 32.3 Å². The number of halogens is 1. The topological polar surface area (TPSA) is 75.6 Å². The van der Waals surface area contributed by atoms with E-state index in [0.29, 0.717) is 18.5 Å². The van der Waals surface area contributed by atoms with Crippen molar-refractivity contribution in [2.75, 3.05) is 5.75 Å². The van der Waals surface area contributed by atoms with Gasteiger partial charge in [0.1, 0.15) is 0 Å². The number of hydrogen-bond donors (Lipinski definition) is 1. The van der Waals surface area contributed by atoms with Gasteiger partial charge in [-0.2, -0.15) is 0 Å². The molecule has 0 aliphatic carbocycles. The van der Waals surface area contributed by atoms with Crippen molar-refractivity contribution in [1.82, 2.24) is 5.32 Å². The molecule has 0 spiro atoms. The van der Waals surface area contributed by atoms with E-state index in [4.69, 9.17) is 0 Å². The van der Waals surface area contributed by atoms with Crippen LogP contribution in [0.3, 0.4) is 0 Å². The van der Waals surface area contributed by atoms with Gasteiger partial charge < -0.3 is 5.32 Å². The summed E-state index contributed by atoms with van der Waals surface area (Å²) in [7, 11) is -3.36. The molecule has 1 amide bonds. The van der Waals surface area contributed by atoms with E-state index in [1.807, 2.05) is 0 Å². The number of nitrogens with zero attached hydrogens (tertiary/aromatic N) is 1. The van der Waals surface area contributed by atoms with Gasteiger partial charge in [0.05, 0.1) is 16.7 Å². The van der Waals surface area contributed by atoms with Crippen LogP contribution in [0.5, 0.6) is 0 Å². The number of nitrogens with one attached hydrogen (secondary N) is 1. The molecule has 0 aliphatic heterocycles. The van der Waals surface area contributed by atoms with Gasteiger partial charge in [0.25, 0.3) is 0 Å². The van der Waals surface area contributed by atoms with Crippen LogP contribution in [0, 0.1) is 0 Å². The maximum absolute atomic E-state index is 12.2. The molecule has 0 fully saturated rings. The lowest BCUT2D eigenvalue weighted by molar-refractivity contribution is -0.109. The summed E-state index contributed by atoms with van der Waals surface area (Å²) in [6.45, 7) is 5.32. The molecule has 5 nitrogen and oxygen atoms in total. The van der Waals surface area contributed by atoms with Crippen molar-refractivity contribution in [1.29, 1.82) is 0 Å². The van der Waals surface area contributed by atoms with Gasteiger partial charge in [0.15, 0.2) is 9.84 Å². The van der Waals surface area contributed by atoms with Gasteiger partial charge in [-0.05, 0) is 31.2 Å². The van der Waals surface area contributed by atoms with Crippen molar-refractivity contribution in [2.24, 2.45) is 4.99 Å². The van der Waals surface area contributed by atoms with Crippen LogP contribution >= 0.6 is 15.9 Å². The van der Waals surface area contributed by atoms with Crippen LogP contribution in [0.15, 0.2) is 63.6 Å². The first kappa shape index (κ1) is 19.3. The van der Waals surface area contributed by atoms with E-state index in [2.05, 4.69) is 32.8 Å². The molecule has 0 aromatic heterocycles. The summed E-state index contributed by atoms with van der Waals surface area (Å²) in [4.78, 5) is 14.9. The molecule has 7 heteroatoms. The predicted molar refractivity (Wildman–Crippen MR) is 96.2 cm³/mol. The first-order chi connectivity index (χ1) is 10.9. The average Bonchev–Trinajstić information content (AvgIpc) is 2.51. The Morgan fingerprint density at radius 1 is 1.35 bits per heavy atom. The zero-order valence-electron chi connectivity index (χ0n) is 12.8. The molecule has 1 unspecified atom stereocenters. The Balaban J connectivity index is 2.70. The summed E-state index contributed by atoms with van der Waals surface area (Å²) in [5, 5.41) is 2.60. The number of allylic oxidation sites excluding steroid dienone is 1. The fraction of sp³-hybridized carbons (Fsp3) is 0.250. The second-order valence-electron chi connectivity index (χ2n) is 4.72. The van der Waals surface area contributed by atoms with E-state index in [1.165, 1.54) is 6.20 Å². The molecule has 0 saturated heterocycles. The van der Waals surface area contributed by atoms with Crippen LogP contribution in [0.25, 0.3) is 0 Å². The summed E-state index contributed by atoms with van der Waals surface area (Å²) in [5.41, 5.74) is 0.699. The molecule has 1 atom stereocenters. The summed E-state index contributed by atoms with van der Waals surface area (Å²) in [6.07, 6.45) is 5.74. The van der Waals surface area contributed by atoms with Gasteiger partial charge in [0, 0.05) is 22.8 Å². The molecule has 0 saturated carbocycles. The molecular weight excluding hydrogens is 380 g/mol. The van der Waals surface area contributed by atoms with Crippen molar-refractivity contribution in [3.63, 3.8) is 0 Å². The summed E-state index contributed by atoms with van der Waals surface area (Å²) < 4.78 is 25.2. The molecule has 23 heavy (non-hydrogen) atoms. The second kappa shape index (κ2) is 9.42. The van der Waals surface area contributed by atoms with E-state index in [0.717, 1.165) is 4.47 Å². The van der Waals surface area contributed by atoms with Gasteiger partial charge in [-0.25, -0.2) is 8.42 Å². The SMILES string of the molecule is C=CN=C(C/C=C\CS(=O)(=O)c1ccc(Br)cc1)C(C)NC=O. The fourth-order valence-electron chi connectivity index (χ4n) is 1.79. The molecule has 1 N–H and O–H groups in total. The van der Waals surface area contributed by atoms with E-state index >= 15 is 0 Å². The maximum Gasteiger partial charge on any atom is 0.207 e. The molecule has 0 radical (unpaired) electrons. The third-order valence-corrected chi connectivity index (χ3v) is 5.21. The minimum absolute atomic E-state index is 0.0918. The highest BCUT2D eigenvalue weighted by atomic mass is 79.9. The number of amides is 1. The Morgan fingerprint density at radius 3 is 2.57 bits per heavy atom. The van der Waals surface area contributed by atoms with E-state index in [9.17, 15) is 13.2 Å². The predicted octanol–water partition coefficient (Wildman–Crippen LogP) is 2.89. The number of sulfone groups is 1. The number of carbonyl (C=O) groups is 1. The summed E-state index contributed by atoms with van der Waals surface area (Å²) in [6, 6.07) is 6.27. The third-order valence-electron chi connectivity index (χ3n) is 3.06. The average molecular weight is 399 g/mol. The molecule has 1 aromatic rings. The number of carbonyl (C=O) groups excluding carboxylic acids is 1. The normalized spacial score (nSPS) is 13.7. The van der Waals surface area contributed by atoms with E-state index in [-0.39, 0.29) is 16.7 Å². The van der Waals surface area contributed by atoms with Crippen molar-refractivity contribution < 1.29 is 13.2 Å². The Bertz CT molecular complexity index is 695. The van der Waals surface area contributed by atoms with Crippen molar-refractivity contribution in [2.45, 2.75) is 24.3 Å². The van der Waals surface area contributed by atoms with Crippen molar-refractivity contribution in [3.8, 4) is 0 Å². The Labute approximate surface area is 145 Å². The van der Waals surface area contributed by atoms with Crippen LogP contribution < -0.4 is 5.32 Å². The summed E-state index contributed by atoms with van der Waals surface area (Å²) in [5.74, 6) is -0.0918. The fourth-order valence-corrected chi connectivity index (χ4v) is 3.19. The molecular formula is C16H19BrN2O3S. The molecule has 1 rings (SSSR count). The Hall–Kier alpha value is -1.73. The van der Waals surface area contributed by atoms with Crippen LogP contribution in [0.1, 0.15) is 13.3 Å². The van der Waals surface area contributed by atoms with Crippen LogP contribution in [-0.2, 0) is 14.6 Å². The monoisotopic (exact) mass is 398 g/mol. The first-order valence-electron chi connectivity index (χ1n) is 6.91. The largest absolute Gasteiger partial charge is 0.351 e. The van der Waals surface area contributed by atoms with Gasteiger partial charge in [-0.3, -0.25) is 9.79 Å². The van der Waals surface area contributed by atoms with Crippen molar-refractivity contribution >= 4 is 37.9 Å². The first-order valence-corrected chi connectivity index (χ1v) is 9.35. The number of aliphatic imine (C=N–C) groups is 1. The smallest absolute Gasteiger partial charge is 0.207 e. The van der Waals surface area contributed by atoms with E-state index in [1.54, 1.807) is 43.3 Å². The lowest BCUT2D eigenvalue weighted by Crippen LogP contribution is -2.32. The second-order valence-corrected chi connectivity index (χ2v) is 7.67. The highest BCUT2D eigenvalue weighted by molar-refractivity contribution is 9.10. The molecule has 1 aromatic carbocycles. The number of hydrogen-bond acceptors (Lipinski definition) is 4. The van der Waals surface area contributed by atoms with Crippen LogP contribution in [0.2, 0.25) is 0 Å². The van der Waals surface area contributed by atoms with E-state index < -0.39 is 9.84 Å². The quantitative estimate of drug-likeness (QED) is 0.394. The lowest BCUT2D eigenvalue weighted by Gasteiger charge is -2.11. The zero-order valence-corrected chi connectivity index (χ0v) is 15.2. The van der Waals surface area contributed by atoms with Gasteiger partial charge in [-0.1, -0.05) is 34.7 Å². The molecule has 0 bridgehead atoms.